The number of amides is 1. The molecule has 1 aliphatic carbocycles. The van der Waals surface area contributed by atoms with Gasteiger partial charge in [-0.2, -0.15) is 0 Å². The predicted molar refractivity (Wildman–Crippen MR) is 69.4 cm³/mol. The zero-order chi connectivity index (χ0) is 13.1. The van der Waals surface area contributed by atoms with Crippen LogP contribution >= 0.6 is 11.3 Å². The van der Waals surface area contributed by atoms with E-state index in [-0.39, 0.29) is 17.7 Å². The SMILES string of the molecule is Cc1ccc(CNC(=O)C2CCC(C(=O)O)C2)s1. The van der Waals surface area contributed by atoms with Crippen LogP contribution in [0.4, 0.5) is 0 Å². The molecule has 0 radical (unpaired) electrons. The number of carboxylic acids is 1. The molecule has 1 heterocycles. The number of hydrogen-bond donors (Lipinski definition) is 2. The summed E-state index contributed by atoms with van der Waals surface area (Å²) in [7, 11) is 0. The number of aliphatic carboxylic acids is 1. The topological polar surface area (TPSA) is 66.4 Å². The van der Waals surface area contributed by atoms with Crippen LogP contribution in [0, 0.1) is 18.8 Å². The van der Waals surface area contributed by atoms with E-state index in [1.807, 2.05) is 19.1 Å². The second-order valence-electron chi connectivity index (χ2n) is 4.78. The van der Waals surface area contributed by atoms with Gasteiger partial charge in [-0.25, -0.2) is 0 Å². The van der Waals surface area contributed by atoms with Gasteiger partial charge in [0.15, 0.2) is 0 Å². The molecule has 1 aliphatic rings. The van der Waals surface area contributed by atoms with Crippen LogP contribution < -0.4 is 5.32 Å². The van der Waals surface area contributed by atoms with Crippen LogP contribution in [0.1, 0.15) is 29.0 Å². The third kappa shape index (κ3) is 3.10. The van der Waals surface area contributed by atoms with E-state index in [0.29, 0.717) is 25.8 Å². The fourth-order valence-electron chi connectivity index (χ4n) is 2.34. The van der Waals surface area contributed by atoms with Crippen molar-refractivity contribution in [3.63, 3.8) is 0 Å². The Morgan fingerprint density at radius 2 is 2.11 bits per heavy atom. The van der Waals surface area contributed by atoms with E-state index < -0.39 is 5.97 Å². The first kappa shape index (κ1) is 13.1. The Kier molecular flexibility index (Phi) is 4.01. The average molecular weight is 267 g/mol. The third-order valence-electron chi connectivity index (χ3n) is 3.39. The molecule has 0 saturated heterocycles. The van der Waals surface area contributed by atoms with Crippen LogP contribution in [0.25, 0.3) is 0 Å². The van der Waals surface area contributed by atoms with Crippen molar-refractivity contribution in [3.05, 3.63) is 21.9 Å². The zero-order valence-corrected chi connectivity index (χ0v) is 11.1. The molecule has 1 aromatic heterocycles. The van der Waals surface area contributed by atoms with Crippen molar-refractivity contribution in [2.75, 3.05) is 0 Å². The highest BCUT2D eigenvalue weighted by atomic mass is 32.1. The van der Waals surface area contributed by atoms with E-state index in [0.717, 1.165) is 4.88 Å². The third-order valence-corrected chi connectivity index (χ3v) is 4.39. The van der Waals surface area contributed by atoms with E-state index >= 15 is 0 Å². The van der Waals surface area contributed by atoms with Gasteiger partial charge in [0.2, 0.25) is 5.91 Å². The van der Waals surface area contributed by atoms with E-state index in [1.165, 1.54) is 4.88 Å². The Labute approximate surface area is 110 Å². The molecule has 1 amide bonds. The summed E-state index contributed by atoms with van der Waals surface area (Å²) in [6, 6.07) is 4.04. The number of nitrogens with one attached hydrogen (secondary N) is 1. The Morgan fingerprint density at radius 3 is 2.67 bits per heavy atom. The Balaban J connectivity index is 1.80. The molecule has 0 bridgehead atoms. The van der Waals surface area contributed by atoms with Crippen LogP contribution in [-0.4, -0.2) is 17.0 Å². The van der Waals surface area contributed by atoms with Crippen LogP contribution in [0.3, 0.4) is 0 Å². The van der Waals surface area contributed by atoms with E-state index in [1.54, 1.807) is 11.3 Å². The molecular formula is C13H17NO3S. The van der Waals surface area contributed by atoms with Crippen LogP contribution in [0.15, 0.2) is 12.1 Å². The van der Waals surface area contributed by atoms with Crippen molar-refractivity contribution in [3.8, 4) is 0 Å². The fraction of sp³-hybridized carbons (Fsp3) is 0.538. The number of carboxylic acid groups (broad SMARTS) is 1. The average Bonchev–Trinajstić information content (AvgIpc) is 2.94. The van der Waals surface area contributed by atoms with Crippen LogP contribution in [-0.2, 0) is 16.1 Å². The van der Waals surface area contributed by atoms with Gasteiger partial charge < -0.3 is 10.4 Å². The van der Waals surface area contributed by atoms with E-state index in [9.17, 15) is 9.59 Å². The Bertz CT molecular complexity index is 455. The van der Waals surface area contributed by atoms with Gasteiger partial charge in [-0.05, 0) is 38.3 Å². The number of hydrogen-bond acceptors (Lipinski definition) is 3. The van der Waals surface area contributed by atoms with Gasteiger partial charge in [0.05, 0.1) is 12.5 Å². The highest BCUT2D eigenvalue weighted by Gasteiger charge is 2.33. The first-order valence-electron chi connectivity index (χ1n) is 6.12. The predicted octanol–water partition coefficient (Wildman–Crippen LogP) is 2.17. The normalized spacial score (nSPS) is 22.9. The lowest BCUT2D eigenvalue weighted by atomic mass is 10.0. The molecule has 1 aromatic rings. The number of aryl methyl sites for hydroxylation is 1. The largest absolute Gasteiger partial charge is 0.481 e. The summed E-state index contributed by atoms with van der Waals surface area (Å²) in [6.45, 7) is 2.58. The maximum absolute atomic E-state index is 11.9. The molecule has 2 rings (SSSR count). The van der Waals surface area contributed by atoms with Gasteiger partial charge in [-0.3, -0.25) is 9.59 Å². The molecule has 1 saturated carbocycles. The standard InChI is InChI=1S/C13H17NO3S/c1-8-2-5-11(18-8)7-14-12(15)9-3-4-10(6-9)13(16)17/h2,5,9-10H,3-4,6-7H2,1H3,(H,14,15)(H,16,17). The summed E-state index contributed by atoms with van der Waals surface area (Å²) >= 11 is 1.67. The minimum absolute atomic E-state index is 0.00944. The molecule has 2 N–H and O–H groups in total. The smallest absolute Gasteiger partial charge is 0.306 e. The molecule has 0 aliphatic heterocycles. The van der Waals surface area contributed by atoms with Gasteiger partial charge in [0, 0.05) is 15.7 Å². The summed E-state index contributed by atoms with van der Waals surface area (Å²) in [4.78, 5) is 25.1. The van der Waals surface area contributed by atoms with Crippen molar-refractivity contribution >= 4 is 23.2 Å². The maximum atomic E-state index is 11.9. The Morgan fingerprint density at radius 1 is 1.39 bits per heavy atom. The van der Waals surface area contributed by atoms with Gasteiger partial charge in [-0.1, -0.05) is 0 Å². The number of rotatable bonds is 4. The monoisotopic (exact) mass is 267 g/mol. The molecule has 98 valence electrons. The number of carbonyl (C=O) groups is 2. The van der Waals surface area contributed by atoms with Crippen molar-refractivity contribution < 1.29 is 14.7 Å². The van der Waals surface area contributed by atoms with Crippen molar-refractivity contribution in [1.29, 1.82) is 0 Å². The second kappa shape index (κ2) is 5.52. The van der Waals surface area contributed by atoms with Gasteiger partial charge >= 0.3 is 5.97 Å². The van der Waals surface area contributed by atoms with E-state index in [4.69, 9.17) is 5.11 Å². The molecule has 18 heavy (non-hydrogen) atoms. The number of carbonyl (C=O) groups excluding carboxylic acids is 1. The van der Waals surface area contributed by atoms with Gasteiger partial charge in [-0.15, -0.1) is 11.3 Å². The molecule has 2 atom stereocenters. The maximum Gasteiger partial charge on any atom is 0.306 e. The molecule has 4 nitrogen and oxygen atoms in total. The summed E-state index contributed by atoms with van der Waals surface area (Å²) in [5.74, 6) is -1.26. The minimum Gasteiger partial charge on any atom is -0.481 e. The molecular weight excluding hydrogens is 250 g/mol. The van der Waals surface area contributed by atoms with Crippen molar-refractivity contribution in [2.24, 2.45) is 11.8 Å². The lowest BCUT2D eigenvalue weighted by Gasteiger charge is -2.09. The minimum atomic E-state index is -0.779. The summed E-state index contributed by atoms with van der Waals surface area (Å²) in [6.07, 6.45) is 1.78. The fourth-order valence-corrected chi connectivity index (χ4v) is 3.17. The lowest BCUT2D eigenvalue weighted by Crippen LogP contribution is -2.29. The second-order valence-corrected chi connectivity index (χ2v) is 6.15. The van der Waals surface area contributed by atoms with Gasteiger partial charge in [0.1, 0.15) is 0 Å². The first-order chi connectivity index (χ1) is 8.56. The van der Waals surface area contributed by atoms with E-state index in [2.05, 4.69) is 5.32 Å². The summed E-state index contributed by atoms with van der Waals surface area (Å²) < 4.78 is 0. The molecule has 1 fully saturated rings. The zero-order valence-electron chi connectivity index (χ0n) is 10.3. The molecule has 0 aromatic carbocycles. The molecule has 0 spiro atoms. The van der Waals surface area contributed by atoms with Crippen LogP contribution in [0.2, 0.25) is 0 Å². The lowest BCUT2D eigenvalue weighted by molar-refractivity contribution is -0.141. The first-order valence-corrected chi connectivity index (χ1v) is 6.93. The highest BCUT2D eigenvalue weighted by molar-refractivity contribution is 7.11. The number of thiophene rings is 1. The van der Waals surface area contributed by atoms with Crippen LogP contribution in [0.5, 0.6) is 0 Å². The van der Waals surface area contributed by atoms with Crippen molar-refractivity contribution in [1.82, 2.24) is 5.32 Å². The Hall–Kier alpha value is -1.36. The molecule has 2 unspecified atom stereocenters. The molecule has 5 heteroatoms. The quantitative estimate of drug-likeness (QED) is 0.878. The van der Waals surface area contributed by atoms with Crippen molar-refractivity contribution in [2.45, 2.75) is 32.7 Å². The summed E-state index contributed by atoms with van der Waals surface area (Å²) in [5, 5.41) is 11.8. The van der Waals surface area contributed by atoms with Gasteiger partial charge in [0.25, 0.3) is 0 Å². The summed E-state index contributed by atoms with van der Waals surface area (Å²) in [5.41, 5.74) is 0. The highest BCUT2D eigenvalue weighted by Crippen LogP contribution is 2.31.